The second-order valence-electron chi connectivity index (χ2n) is 3.27. The topological polar surface area (TPSA) is 242 Å². The maximum absolute atomic E-state index is 11.4. The van der Waals surface area contributed by atoms with Crippen LogP contribution in [0.4, 0.5) is 23.8 Å². The minimum atomic E-state index is -0.308. The molecule has 0 aliphatic carbocycles. The third-order valence-corrected chi connectivity index (χ3v) is 2.00. The molecule has 0 aliphatic heterocycles. The molecule has 0 unspecified atom stereocenters. The van der Waals surface area contributed by atoms with Gasteiger partial charge in [0.1, 0.15) is 0 Å². The van der Waals surface area contributed by atoms with E-state index >= 15 is 0 Å². The Kier molecular flexibility index (Phi) is 2.87. The third kappa shape index (κ3) is 2.14. The summed E-state index contributed by atoms with van der Waals surface area (Å²) in [6, 6.07) is 0. The molecule has 2 aromatic rings. The van der Waals surface area contributed by atoms with E-state index in [4.69, 9.17) is 23.2 Å². The van der Waals surface area contributed by atoms with E-state index in [1.165, 1.54) is 0 Å². The Bertz CT molecular complexity index is 596. The van der Waals surface area contributed by atoms with Gasteiger partial charge in [-0.1, -0.05) is 21.0 Å². The molecule has 0 saturated carbocycles. The number of hydrazine groups is 2. The molecule has 2 rings (SSSR count). The van der Waals surface area contributed by atoms with Gasteiger partial charge in [0.2, 0.25) is 11.9 Å². The van der Waals surface area contributed by atoms with Gasteiger partial charge in [-0.15, -0.1) is 10.2 Å². The summed E-state index contributed by atoms with van der Waals surface area (Å²) in [7, 11) is 0. The number of nitrogens with two attached hydrogens (primary N) is 4. The fraction of sp³-hybridized carbons (Fsp3) is 0. The largest absolute Gasteiger partial charge is 0.640 e. The van der Waals surface area contributed by atoms with Crippen molar-refractivity contribution in [2.75, 3.05) is 34.0 Å². The standard InChI is InChI=1S/C4H10N14O2/c5-1-9-11-3(15(1)7)13-17(19)18(20)14-4-12-10-2(6)16(4)8/h7-8H2,(H2,5,9)(H2,6,10)(H,11,13)(H,12,14)/b18-17+. The Balaban J connectivity index is 2.15. The van der Waals surface area contributed by atoms with Crippen LogP contribution in [0.5, 0.6) is 0 Å². The van der Waals surface area contributed by atoms with Crippen LogP contribution >= 0.6 is 0 Å². The minimum absolute atomic E-state index is 0.166. The molecule has 0 spiro atoms. The van der Waals surface area contributed by atoms with Gasteiger partial charge in [-0.3, -0.25) is 0 Å². The van der Waals surface area contributed by atoms with E-state index < -0.39 is 0 Å². The van der Waals surface area contributed by atoms with Crippen LogP contribution in [0.3, 0.4) is 0 Å². The number of anilines is 4. The molecule has 0 aromatic carbocycles. The fourth-order valence-corrected chi connectivity index (χ4v) is 1.02. The zero-order chi connectivity index (χ0) is 14.9. The lowest BCUT2D eigenvalue weighted by Gasteiger charge is -2.08. The zero-order valence-electron chi connectivity index (χ0n) is 9.70. The van der Waals surface area contributed by atoms with Crippen molar-refractivity contribution in [1.29, 1.82) is 0 Å². The van der Waals surface area contributed by atoms with E-state index in [9.17, 15) is 10.4 Å². The van der Waals surface area contributed by atoms with Crippen molar-refractivity contribution in [1.82, 2.24) is 29.7 Å². The molecule has 0 saturated heterocycles. The third-order valence-electron chi connectivity index (χ3n) is 2.00. The van der Waals surface area contributed by atoms with Gasteiger partial charge < -0.3 is 33.6 Å². The number of hydrogen-bond donors (Lipinski definition) is 6. The van der Waals surface area contributed by atoms with Crippen LogP contribution in [0.25, 0.3) is 0 Å². The van der Waals surface area contributed by atoms with Gasteiger partial charge in [0, 0.05) is 0 Å². The molecule has 2 aromatic heterocycles. The van der Waals surface area contributed by atoms with Crippen LogP contribution in [0, 0.1) is 10.4 Å². The lowest BCUT2D eigenvalue weighted by atomic mass is 11.0. The number of nitrogen functional groups attached to an aromatic ring is 4. The van der Waals surface area contributed by atoms with Crippen molar-refractivity contribution < 1.29 is 9.94 Å². The van der Waals surface area contributed by atoms with Crippen molar-refractivity contribution >= 4 is 23.8 Å². The van der Waals surface area contributed by atoms with Crippen LogP contribution in [-0.4, -0.2) is 39.7 Å². The second-order valence-corrected chi connectivity index (χ2v) is 3.27. The van der Waals surface area contributed by atoms with Gasteiger partial charge in [0.15, 0.2) is 0 Å². The number of aromatic nitrogens is 6. The molecule has 20 heavy (non-hydrogen) atoms. The first-order valence-electron chi connectivity index (χ1n) is 4.79. The molecule has 0 atom stereocenters. The lowest BCUT2D eigenvalue weighted by molar-refractivity contribution is -0.946. The number of nitrogens with zero attached hydrogens (tertiary/aromatic N) is 8. The highest BCUT2D eigenvalue weighted by Crippen LogP contribution is 2.04. The number of nitrogens with one attached hydrogen (secondary N) is 2. The van der Waals surface area contributed by atoms with Gasteiger partial charge in [0.25, 0.3) is 0 Å². The first-order chi connectivity index (χ1) is 9.40. The predicted molar refractivity (Wildman–Crippen MR) is 63.7 cm³/mol. The number of rotatable bonds is 4. The maximum Gasteiger partial charge on any atom is 0.376 e. The molecule has 16 heteroatoms. The molecule has 10 N–H and O–H groups in total. The van der Waals surface area contributed by atoms with Gasteiger partial charge in [-0.25, -0.2) is 0 Å². The normalized spacial score (nSPS) is 12.0. The smallest absolute Gasteiger partial charge is 0.376 e. The van der Waals surface area contributed by atoms with Crippen LogP contribution < -0.4 is 34.0 Å². The highest BCUT2D eigenvalue weighted by atomic mass is 16.7. The molecule has 0 fully saturated rings. The SMILES string of the molecule is Nc1nnc(N/[N+]([O-])=[N+](\[O-])Nc2nnc(N)n2N)n1N. The second kappa shape index (κ2) is 4.51. The minimum Gasteiger partial charge on any atom is -0.640 e. The molecule has 108 valence electrons. The molecule has 0 bridgehead atoms. The fourth-order valence-electron chi connectivity index (χ4n) is 1.02. The average Bonchev–Trinajstić information content (AvgIpc) is 2.89. The maximum atomic E-state index is 11.4. The van der Waals surface area contributed by atoms with E-state index in [0.717, 1.165) is 9.35 Å². The van der Waals surface area contributed by atoms with Gasteiger partial charge in [0.05, 0.1) is 9.94 Å². The summed E-state index contributed by atoms with van der Waals surface area (Å²) in [4.78, 5) is -0.616. The van der Waals surface area contributed by atoms with E-state index in [1.54, 1.807) is 0 Å². The van der Waals surface area contributed by atoms with Crippen molar-refractivity contribution in [3.05, 3.63) is 10.4 Å². The Morgan fingerprint density at radius 2 is 1.15 bits per heavy atom. The molecular weight excluding hydrogens is 276 g/mol. The van der Waals surface area contributed by atoms with Gasteiger partial charge in [-0.2, -0.15) is 9.35 Å². The molecule has 16 nitrogen and oxygen atoms in total. The highest BCUT2D eigenvalue weighted by Gasteiger charge is 2.17. The van der Waals surface area contributed by atoms with Crippen LogP contribution in [0.2, 0.25) is 0 Å². The quantitative estimate of drug-likeness (QED) is 0.137. The van der Waals surface area contributed by atoms with Gasteiger partial charge in [-0.05, 0) is 0 Å². The molecule has 0 aliphatic rings. The van der Waals surface area contributed by atoms with Crippen LogP contribution in [-0.2, 0) is 0 Å². The first-order valence-corrected chi connectivity index (χ1v) is 4.79. The lowest BCUT2D eigenvalue weighted by Crippen LogP contribution is -2.31. The van der Waals surface area contributed by atoms with Crippen LogP contribution in [0.15, 0.2) is 0 Å². The summed E-state index contributed by atoms with van der Waals surface area (Å²) < 4.78 is 1.50. The average molecular weight is 286 g/mol. The van der Waals surface area contributed by atoms with Crippen molar-refractivity contribution in [3.63, 3.8) is 0 Å². The summed E-state index contributed by atoms with van der Waals surface area (Å²) in [6.07, 6.45) is 0. The van der Waals surface area contributed by atoms with E-state index in [2.05, 4.69) is 20.4 Å². The summed E-state index contributed by atoms with van der Waals surface area (Å²) in [5.74, 6) is 9.86. The summed E-state index contributed by atoms with van der Waals surface area (Å²) in [5.41, 5.74) is 14.5. The molecular formula is C4H10N14O2. The van der Waals surface area contributed by atoms with Crippen molar-refractivity contribution in [3.8, 4) is 0 Å². The number of hydrogen-bond acceptors (Lipinski definition) is 10. The summed E-state index contributed by atoms with van der Waals surface area (Å²) in [6.45, 7) is 0. The van der Waals surface area contributed by atoms with Crippen LogP contribution in [0.1, 0.15) is 0 Å². The van der Waals surface area contributed by atoms with Crippen molar-refractivity contribution in [2.24, 2.45) is 0 Å². The van der Waals surface area contributed by atoms with E-state index in [0.29, 0.717) is 0 Å². The Hall–Kier alpha value is -3.72. The van der Waals surface area contributed by atoms with E-state index in [-0.39, 0.29) is 33.7 Å². The summed E-state index contributed by atoms with van der Waals surface area (Å²) in [5, 5.41) is 36.4. The van der Waals surface area contributed by atoms with E-state index in [1.807, 2.05) is 10.9 Å². The first kappa shape index (κ1) is 12.7. The Morgan fingerprint density at radius 3 is 1.40 bits per heavy atom. The van der Waals surface area contributed by atoms with Gasteiger partial charge >= 0.3 is 11.9 Å². The predicted octanol–water partition coefficient (Wildman–Crippen LogP) is -3.71. The Morgan fingerprint density at radius 1 is 0.800 bits per heavy atom. The monoisotopic (exact) mass is 286 g/mol. The molecule has 2 heterocycles. The summed E-state index contributed by atoms with van der Waals surface area (Å²) >= 11 is 0. The zero-order valence-corrected chi connectivity index (χ0v) is 9.70. The highest BCUT2D eigenvalue weighted by molar-refractivity contribution is 5.31. The van der Waals surface area contributed by atoms with Crippen molar-refractivity contribution in [2.45, 2.75) is 0 Å². The molecule has 0 amide bonds. The Labute approximate surface area is 109 Å². The molecule has 0 radical (unpaired) electrons.